The second kappa shape index (κ2) is 11.8. The molecule has 0 saturated carbocycles. The minimum absolute atomic E-state index is 0.239. The van der Waals surface area contributed by atoms with Gasteiger partial charge in [0.25, 0.3) is 0 Å². The van der Waals surface area contributed by atoms with E-state index in [4.69, 9.17) is 4.74 Å². The lowest BCUT2D eigenvalue weighted by Gasteiger charge is -2.31. The smallest absolute Gasteiger partial charge is 0.191 e. The van der Waals surface area contributed by atoms with E-state index < -0.39 is 0 Å². The zero-order valence-corrected chi connectivity index (χ0v) is 19.4. The first kappa shape index (κ1) is 23.2. The summed E-state index contributed by atoms with van der Waals surface area (Å²) in [5.41, 5.74) is 2.37. The van der Waals surface area contributed by atoms with Crippen LogP contribution in [0.15, 0.2) is 29.3 Å². The van der Waals surface area contributed by atoms with E-state index in [0.29, 0.717) is 0 Å². The highest BCUT2D eigenvalue weighted by Crippen LogP contribution is 2.23. The maximum atomic E-state index is 5.42. The molecule has 2 N–H and O–H groups in total. The fraction of sp³-hybridized carbons (Fsp3) is 0.545. The predicted octanol–water partition coefficient (Wildman–Crippen LogP) is 3.56. The van der Waals surface area contributed by atoms with Crippen molar-refractivity contribution in [2.75, 3.05) is 40.3 Å². The zero-order chi connectivity index (χ0) is 21.2. The number of nitrogens with one attached hydrogen (secondary N) is 2. The Morgan fingerprint density at radius 1 is 1.24 bits per heavy atom. The minimum atomic E-state index is 0.239. The first-order valence-electron chi connectivity index (χ1n) is 10.3. The van der Waals surface area contributed by atoms with Crippen molar-refractivity contribution in [1.29, 1.82) is 0 Å². The number of aromatic nitrogens is 1. The molecule has 0 amide bonds. The van der Waals surface area contributed by atoms with Gasteiger partial charge in [-0.15, -0.1) is 11.3 Å². The summed E-state index contributed by atoms with van der Waals surface area (Å²) in [5.74, 6) is 1.70. The molecule has 1 heterocycles. The van der Waals surface area contributed by atoms with Crippen molar-refractivity contribution in [2.45, 2.75) is 40.2 Å². The van der Waals surface area contributed by atoms with Crippen molar-refractivity contribution >= 4 is 17.3 Å². The van der Waals surface area contributed by atoms with Gasteiger partial charge in [0.15, 0.2) is 5.96 Å². The number of guanidine groups is 1. The molecule has 6 nitrogen and oxygen atoms in total. The van der Waals surface area contributed by atoms with Gasteiger partial charge in [-0.3, -0.25) is 9.89 Å². The molecule has 29 heavy (non-hydrogen) atoms. The quantitative estimate of drug-likeness (QED) is 0.457. The number of likely N-dealkylation sites (N-methyl/N-ethyl adjacent to an activating group) is 1. The van der Waals surface area contributed by atoms with Gasteiger partial charge in [-0.2, -0.15) is 0 Å². The molecule has 0 saturated heterocycles. The summed E-state index contributed by atoms with van der Waals surface area (Å²) < 4.78 is 5.42. The van der Waals surface area contributed by atoms with Gasteiger partial charge in [0.2, 0.25) is 0 Å². The number of aryl methyl sites for hydroxylation is 2. The molecule has 0 spiro atoms. The van der Waals surface area contributed by atoms with E-state index in [1.165, 1.54) is 15.4 Å². The van der Waals surface area contributed by atoms with E-state index in [1.807, 2.05) is 13.1 Å². The molecule has 7 heteroatoms. The van der Waals surface area contributed by atoms with Crippen LogP contribution >= 0.6 is 11.3 Å². The highest BCUT2D eigenvalue weighted by atomic mass is 32.1. The van der Waals surface area contributed by atoms with Gasteiger partial charge in [0.1, 0.15) is 5.75 Å². The molecule has 160 valence electrons. The highest BCUT2D eigenvalue weighted by molar-refractivity contribution is 7.11. The average molecular weight is 418 g/mol. The van der Waals surface area contributed by atoms with Crippen LogP contribution < -0.4 is 15.4 Å². The lowest BCUT2D eigenvalue weighted by Crippen LogP contribution is -2.43. The van der Waals surface area contributed by atoms with Crippen molar-refractivity contribution in [3.8, 4) is 5.75 Å². The second-order valence-corrected chi connectivity index (χ2v) is 8.18. The Balaban J connectivity index is 1.98. The maximum Gasteiger partial charge on any atom is 0.191 e. The summed E-state index contributed by atoms with van der Waals surface area (Å²) in [6.45, 7) is 12.1. The Morgan fingerprint density at radius 3 is 2.59 bits per heavy atom. The molecule has 0 fully saturated rings. The van der Waals surface area contributed by atoms with Crippen LogP contribution in [0.5, 0.6) is 5.75 Å². The van der Waals surface area contributed by atoms with E-state index in [1.54, 1.807) is 18.4 Å². The topological polar surface area (TPSA) is 61.8 Å². The molecular weight excluding hydrogens is 382 g/mol. The van der Waals surface area contributed by atoms with Gasteiger partial charge in [-0.25, -0.2) is 4.98 Å². The number of hydrogen-bond acceptors (Lipinski definition) is 5. The molecule has 0 aliphatic rings. The third-order valence-electron chi connectivity index (χ3n) is 5.12. The largest absolute Gasteiger partial charge is 0.497 e. The third-order valence-corrected chi connectivity index (χ3v) is 6.25. The summed E-state index contributed by atoms with van der Waals surface area (Å²) in [7, 11) is 3.52. The van der Waals surface area contributed by atoms with Crippen LogP contribution in [0.25, 0.3) is 0 Å². The van der Waals surface area contributed by atoms with Crippen LogP contribution in [0.2, 0.25) is 0 Å². The van der Waals surface area contributed by atoms with Crippen LogP contribution in [0.4, 0.5) is 0 Å². The van der Waals surface area contributed by atoms with Gasteiger partial charge < -0.3 is 15.4 Å². The fourth-order valence-electron chi connectivity index (χ4n) is 3.32. The van der Waals surface area contributed by atoms with Crippen LogP contribution in [0.1, 0.15) is 41.0 Å². The van der Waals surface area contributed by atoms with Crippen molar-refractivity contribution in [2.24, 2.45) is 4.99 Å². The maximum absolute atomic E-state index is 5.42. The summed E-state index contributed by atoms with van der Waals surface area (Å²) >= 11 is 1.77. The van der Waals surface area contributed by atoms with Crippen LogP contribution in [0, 0.1) is 13.8 Å². The minimum Gasteiger partial charge on any atom is -0.497 e. The predicted molar refractivity (Wildman–Crippen MR) is 123 cm³/mol. The average Bonchev–Trinajstić information content (AvgIpc) is 3.06. The molecule has 1 aromatic heterocycles. The van der Waals surface area contributed by atoms with E-state index in [0.717, 1.165) is 50.0 Å². The van der Waals surface area contributed by atoms with Crippen molar-refractivity contribution < 1.29 is 4.74 Å². The molecule has 0 radical (unpaired) electrons. The third kappa shape index (κ3) is 6.72. The molecule has 0 bridgehead atoms. The van der Waals surface area contributed by atoms with E-state index >= 15 is 0 Å². The number of rotatable bonds is 10. The first-order chi connectivity index (χ1) is 14.0. The van der Waals surface area contributed by atoms with Crippen molar-refractivity contribution in [3.05, 3.63) is 45.4 Å². The normalized spacial score (nSPS) is 12.9. The fourth-order valence-corrected chi connectivity index (χ4v) is 4.25. The molecule has 2 aromatic rings. The van der Waals surface area contributed by atoms with Gasteiger partial charge in [0, 0.05) is 31.4 Å². The standard InChI is InChI=1S/C22H35N5OS/c1-7-27(8-2)20(18-10-9-11-19(14-18)28-6)15-25-22(23-5)24-13-12-21-26-16(3)17(4)29-21/h9-11,14,20H,7-8,12-13,15H2,1-6H3,(H2,23,24,25). The van der Waals surface area contributed by atoms with Gasteiger partial charge in [-0.1, -0.05) is 26.0 Å². The molecule has 1 aromatic carbocycles. The van der Waals surface area contributed by atoms with Crippen LogP contribution in [-0.2, 0) is 6.42 Å². The number of thiazole rings is 1. The van der Waals surface area contributed by atoms with Crippen molar-refractivity contribution in [1.82, 2.24) is 20.5 Å². The number of methoxy groups -OCH3 is 1. The Kier molecular flexibility index (Phi) is 9.41. The van der Waals surface area contributed by atoms with E-state index in [-0.39, 0.29) is 6.04 Å². The van der Waals surface area contributed by atoms with Crippen LogP contribution in [0.3, 0.4) is 0 Å². The first-order valence-corrected chi connectivity index (χ1v) is 11.1. The van der Waals surface area contributed by atoms with E-state index in [9.17, 15) is 0 Å². The Morgan fingerprint density at radius 2 is 2.00 bits per heavy atom. The molecule has 0 aliphatic carbocycles. The van der Waals surface area contributed by atoms with Crippen LogP contribution in [-0.4, -0.2) is 56.2 Å². The van der Waals surface area contributed by atoms with Gasteiger partial charge in [0.05, 0.1) is 23.9 Å². The number of hydrogen-bond donors (Lipinski definition) is 2. The number of aliphatic imine (C=N–C) groups is 1. The monoisotopic (exact) mass is 417 g/mol. The summed E-state index contributed by atoms with van der Waals surface area (Å²) in [5, 5.41) is 8.08. The summed E-state index contributed by atoms with van der Waals surface area (Å²) in [6.07, 6.45) is 0.898. The molecule has 1 atom stereocenters. The molecular formula is C22H35N5OS. The number of ether oxygens (including phenoxy) is 1. The van der Waals surface area contributed by atoms with Crippen molar-refractivity contribution in [3.63, 3.8) is 0 Å². The molecule has 2 rings (SSSR count). The Labute approximate surface area is 179 Å². The van der Waals surface area contributed by atoms with Gasteiger partial charge in [-0.05, 0) is 44.6 Å². The zero-order valence-electron chi connectivity index (χ0n) is 18.6. The number of nitrogens with zero attached hydrogens (tertiary/aromatic N) is 3. The Hall–Kier alpha value is -2.12. The molecule has 0 aliphatic heterocycles. The lowest BCUT2D eigenvalue weighted by atomic mass is 10.0. The summed E-state index contributed by atoms with van der Waals surface area (Å²) in [4.78, 5) is 12.7. The highest BCUT2D eigenvalue weighted by Gasteiger charge is 2.19. The second-order valence-electron chi connectivity index (χ2n) is 6.89. The number of benzene rings is 1. The Bertz CT molecular complexity index is 766. The summed E-state index contributed by atoms with van der Waals surface area (Å²) in [6, 6.07) is 8.56. The SMILES string of the molecule is CCN(CC)C(CNC(=NC)NCCc1nc(C)c(C)s1)c1cccc(OC)c1. The molecule has 1 unspecified atom stereocenters. The van der Waals surface area contributed by atoms with Gasteiger partial charge >= 0.3 is 0 Å². The van der Waals surface area contributed by atoms with E-state index in [2.05, 4.69) is 71.4 Å². The lowest BCUT2D eigenvalue weighted by molar-refractivity contribution is 0.218.